The van der Waals surface area contributed by atoms with Crippen LogP contribution in [0.3, 0.4) is 0 Å². The minimum Gasteiger partial charge on any atom is -0.497 e. The average molecular weight is 385 g/mol. The Labute approximate surface area is 150 Å². The van der Waals surface area contributed by atoms with Gasteiger partial charge in [-0.25, -0.2) is 8.42 Å². The van der Waals surface area contributed by atoms with E-state index in [1.165, 1.54) is 10.4 Å². The van der Waals surface area contributed by atoms with Gasteiger partial charge >= 0.3 is 6.18 Å². The van der Waals surface area contributed by atoms with Crippen LogP contribution in [0.5, 0.6) is 5.75 Å². The van der Waals surface area contributed by atoms with Crippen molar-refractivity contribution in [3.8, 4) is 5.75 Å². The van der Waals surface area contributed by atoms with Crippen LogP contribution in [0.1, 0.15) is 23.5 Å². The molecule has 0 spiro atoms. The molecule has 1 saturated heterocycles. The van der Waals surface area contributed by atoms with Gasteiger partial charge in [0.15, 0.2) is 0 Å². The molecule has 0 unspecified atom stereocenters. The van der Waals surface area contributed by atoms with E-state index in [0.717, 1.165) is 17.7 Å². The second kappa shape index (κ2) is 6.92. The fourth-order valence-electron chi connectivity index (χ4n) is 3.08. The number of ether oxygens (including phenoxy) is 1. The number of rotatable bonds is 4. The Morgan fingerprint density at radius 1 is 1.12 bits per heavy atom. The molecule has 0 saturated carbocycles. The van der Waals surface area contributed by atoms with Crippen molar-refractivity contribution in [3.63, 3.8) is 0 Å². The highest BCUT2D eigenvalue weighted by Gasteiger charge is 2.36. The maximum Gasteiger partial charge on any atom is 0.416 e. The molecule has 0 radical (unpaired) electrons. The van der Waals surface area contributed by atoms with E-state index >= 15 is 0 Å². The van der Waals surface area contributed by atoms with Gasteiger partial charge in [-0.2, -0.15) is 17.5 Å². The van der Waals surface area contributed by atoms with Crippen LogP contribution >= 0.6 is 0 Å². The van der Waals surface area contributed by atoms with Gasteiger partial charge in [0.05, 0.1) is 17.6 Å². The minimum absolute atomic E-state index is 0.00137. The molecule has 3 rings (SSSR count). The van der Waals surface area contributed by atoms with E-state index in [9.17, 15) is 21.6 Å². The van der Waals surface area contributed by atoms with Crippen molar-refractivity contribution in [2.45, 2.75) is 23.4 Å². The van der Waals surface area contributed by atoms with Crippen molar-refractivity contribution >= 4 is 10.0 Å². The van der Waals surface area contributed by atoms with E-state index in [1.807, 2.05) is 12.1 Å². The van der Waals surface area contributed by atoms with Crippen LogP contribution in [0, 0.1) is 0 Å². The smallest absolute Gasteiger partial charge is 0.416 e. The average Bonchev–Trinajstić information content (AvgIpc) is 3.12. The van der Waals surface area contributed by atoms with E-state index in [4.69, 9.17) is 4.74 Å². The van der Waals surface area contributed by atoms with Crippen LogP contribution in [-0.2, 0) is 16.2 Å². The molecule has 0 amide bonds. The fourth-order valence-corrected chi connectivity index (χ4v) is 4.62. The predicted molar refractivity (Wildman–Crippen MR) is 90.6 cm³/mol. The van der Waals surface area contributed by atoms with Gasteiger partial charge in [-0.15, -0.1) is 0 Å². The zero-order valence-corrected chi connectivity index (χ0v) is 14.8. The molecule has 1 atom stereocenters. The highest BCUT2D eigenvalue weighted by atomic mass is 32.2. The minimum atomic E-state index is -4.58. The molecule has 1 heterocycles. The van der Waals surface area contributed by atoms with E-state index in [2.05, 4.69) is 0 Å². The van der Waals surface area contributed by atoms with Gasteiger partial charge in [-0.3, -0.25) is 0 Å². The molecule has 0 aliphatic carbocycles. The third kappa shape index (κ3) is 3.71. The highest BCUT2D eigenvalue weighted by Crippen LogP contribution is 2.34. The molecule has 8 heteroatoms. The first-order valence-electron chi connectivity index (χ1n) is 8.03. The van der Waals surface area contributed by atoms with Crippen molar-refractivity contribution in [1.29, 1.82) is 0 Å². The molecule has 26 heavy (non-hydrogen) atoms. The normalized spacial score (nSPS) is 18.8. The topological polar surface area (TPSA) is 46.6 Å². The van der Waals surface area contributed by atoms with Crippen molar-refractivity contribution in [1.82, 2.24) is 4.31 Å². The molecule has 2 aromatic carbocycles. The summed E-state index contributed by atoms with van der Waals surface area (Å²) in [6.45, 7) is 0.514. The fraction of sp³-hybridized carbons (Fsp3) is 0.333. The first kappa shape index (κ1) is 18.7. The molecule has 0 bridgehead atoms. The number of nitrogens with zero attached hydrogens (tertiary/aromatic N) is 1. The Morgan fingerprint density at radius 2 is 1.81 bits per heavy atom. The number of hydrogen-bond donors (Lipinski definition) is 0. The molecule has 0 aromatic heterocycles. The predicted octanol–water partition coefficient (Wildman–Crippen LogP) is 3.89. The van der Waals surface area contributed by atoms with E-state index < -0.39 is 21.8 Å². The second-order valence-corrected chi connectivity index (χ2v) is 8.09. The van der Waals surface area contributed by atoms with Gasteiger partial charge in [-0.05, 0) is 48.2 Å². The van der Waals surface area contributed by atoms with Crippen LogP contribution < -0.4 is 4.74 Å². The van der Waals surface area contributed by atoms with Gasteiger partial charge in [-0.1, -0.05) is 18.2 Å². The third-order valence-electron chi connectivity index (χ3n) is 4.54. The molecule has 1 aliphatic rings. The van der Waals surface area contributed by atoms with Crippen LogP contribution in [0.2, 0.25) is 0 Å². The summed E-state index contributed by atoms with van der Waals surface area (Å²) < 4.78 is 70.4. The highest BCUT2D eigenvalue weighted by molar-refractivity contribution is 7.89. The summed E-state index contributed by atoms with van der Waals surface area (Å²) in [7, 11) is -2.40. The van der Waals surface area contributed by atoms with Crippen molar-refractivity contribution in [2.75, 3.05) is 20.2 Å². The summed E-state index contributed by atoms with van der Waals surface area (Å²) in [5.41, 5.74) is 0.0111. The molecule has 4 nitrogen and oxygen atoms in total. The third-order valence-corrected chi connectivity index (χ3v) is 6.40. The molecule has 1 aliphatic heterocycles. The number of sulfonamides is 1. The maximum atomic E-state index is 12.9. The second-order valence-electron chi connectivity index (χ2n) is 6.15. The van der Waals surface area contributed by atoms with Crippen LogP contribution in [0.25, 0.3) is 0 Å². The zero-order valence-electron chi connectivity index (χ0n) is 14.0. The molecule has 140 valence electrons. The summed E-state index contributed by atoms with van der Waals surface area (Å²) in [6, 6.07) is 11.2. The van der Waals surface area contributed by atoms with Crippen LogP contribution in [0.4, 0.5) is 13.2 Å². The Hall–Kier alpha value is -2.06. The summed E-state index contributed by atoms with van der Waals surface area (Å²) in [6.07, 6.45) is -3.97. The molecular weight excluding hydrogens is 367 g/mol. The first-order valence-corrected chi connectivity index (χ1v) is 9.47. The Morgan fingerprint density at radius 3 is 2.42 bits per heavy atom. The van der Waals surface area contributed by atoms with Crippen LogP contribution in [0.15, 0.2) is 53.4 Å². The van der Waals surface area contributed by atoms with Gasteiger partial charge in [0.2, 0.25) is 10.0 Å². The lowest BCUT2D eigenvalue weighted by molar-refractivity contribution is -0.137. The van der Waals surface area contributed by atoms with Crippen LogP contribution in [-0.4, -0.2) is 32.9 Å². The van der Waals surface area contributed by atoms with Gasteiger partial charge < -0.3 is 4.74 Å². The van der Waals surface area contributed by atoms with Crippen molar-refractivity contribution in [3.05, 3.63) is 59.7 Å². The lowest BCUT2D eigenvalue weighted by Crippen LogP contribution is -2.29. The SMILES string of the molecule is COc1ccc([C@H]2CCN(S(=O)(=O)c3cccc(C(F)(F)F)c3)C2)cc1. The lowest BCUT2D eigenvalue weighted by Gasteiger charge is -2.18. The largest absolute Gasteiger partial charge is 0.497 e. The number of halogens is 3. The Bertz CT molecular complexity index is 879. The van der Waals surface area contributed by atoms with Gasteiger partial charge in [0.25, 0.3) is 0 Å². The standard InChI is InChI=1S/C18H18F3NO3S/c1-25-16-7-5-13(6-8-16)14-9-10-22(12-14)26(23,24)17-4-2-3-15(11-17)18(19,20)21/h2-8,11,14H,9-10,12H2,1H3/t14-/m0/s1. The first-order chi connectivity index (χ1) is 12.2. The van der Waals surface area contributed by atoms with E-state index in [1.54, 1.807) is 19.2 Å². The molecule has 0 N–H and O–H groups in total. The monoisotopic (exact) mass is 385 g/mol. The Kier molecular flexibility index (Phi) is 4.98. The lowest BCUT2D eigenvalue weighted by atomic mass is 9.99. The molecule has 1 fully saturated rings. The van der Waals surface area contributed by atoms with Gasteiger partial charge in [0.1, 0.15) is 5.75 Å². The summed E-state index contributed by atoms with van der Waals surface area (Å²) in [5.74, 6) is 0.710. The summed E-state index contributed by atoms with van der Waals surface area (Å²) >= 11 is 0. The molecule has 2 aromatic rings. The van der Waals surface area contributed by atoms with Gasteiger partial charge in [0, 0.05) is 13.1 Å². The quantitative estimate of drug-likeness (QED) is 0.802. The summed E-state index contributed by atoms with van der Waals surface area (Å²) in [5, 5.41) is 0. The number of hydrogen-bond acceptors (Lipinski definition) is 3. The van der Waals surface area contributed by atoms with Crippen molar-refractivity contribution < 1.29 is 26.3 Å². The van der Waals surface area contributed by atoms with E-state index in [-0.39, 0.29) is 23.9 Å². The number of methoxy groups -OCH3 is 1. The van der Waals surface area contributed by atoms with Crippen molar-refractivity contribution in [2.24, 2.45) is 0 Å². The number of alkyl halides is 3. The summed E-state index contributed by atoms with van der Waals surface area (Å²) in [4.78, 5) is -0.331. The zero-order chi connectivity index (χ0) is 18.9. The molecular formula is C18H18F3NO3S. The Balaban J connectivity index is 1.81. The van der Waals surface area contributed by atoms with E-state index in [0.29, 0.717) is 18.2 Å². The maximum absolute atomic E-state index is 12.9. The number of benzene rings is 2.